The third-order valence-electron chi connectivity index (χ3n) is 0.737. The molecule has 1 atom stereocenters. The average molecular weight is 113 g/mol. The van der Waals surface area contributed by atoms with Crippen molar-refractivity contribution in [1.82, 2.24) is 0 Å². The van der Waals surface area contributed by atoms with E-state index >= 15 is 0 Å². The lowest BCUT2D eigenvalue weighted by atomic mass is 9.79. The first-order valence-corrected chi connectivity index (χ1v) is 2.23. The summed E-state index contributed by atoms with van der Waals surface area (Å²) in [5.41, 5.74) is 5.08. The van der Waals surface area contributed by atoms with E-state index in [0.29, 0.717) is 0 Å². The van der Waals surface area contributed by atoms with Crippen LogP contribution in [0.1, 0.15) is 6.42 Å². The Labute approximate surface area is 48.7 Å². The molecule has 0 saturated heterocycles. The Hall–Kier alpha value is -0.495. The molecule has 0 amide bonds. The average Bonchev–Trinajstić information content (AvgIpc) is 1.67. The van der Waals surface area contributed by atoms with Gasteiger partial charge in [0, 0.05) is 6.42 Å². The van der Waals surface area contributed by atoms with Crippen LogP contribution in [0.2, 0.25) is 0 Å². The molecule has 0 aromatic carbocycles. The summed E-state index contributed by atoms with van der Waals surface area (Å²) >= 11 is 0. The molecule has 0 heterocycles. The van der Waals surface area contributed by atoms with E-state index in [9.17, 15) is 0 Å². The van der Waals surface area contributed by atoms with E-state index in [-0.39, 0.29) is 6.42 Å². The van der Waals surface area contributed by atoms with Gasteiger partial charge in [-0.3, -0.25) is 0 Å². The molecule has 0 aliphatic rings. The van der Waals surface area contributed by atoms with Crippen LogP contribution >= 0.6 is 0 Å². The number of terminal acetylenes is 1. The molecule has 4 N–H and O–H groups in total. The molecule has 0 saturated carbocycles. The summed E-state index contributed by atoms with van der Waals surface area (Å²) in [5.74, 6) is 1.50. The second-order valence-electron chi connectivity index (χ2n) is 1.49. The predicted octanol–water partition coefficient (Wildman–Crippen LogP) is -1.65. The first-order valence-electron chi connectivity index (χ1n) is 2.23. The van der Waals surface area contributed by atoms with Crippen LogP contribution in [0.3, 0.4) is 0 Å². The molecule has 0 aromatic heterocycles. The lowest BCUT2D eigenvalue weighted by molar-refractivity contribution is 0.388. The van der Waals surface area contributed by atoms with E-state index in [1.54, 1.807) is 0 Å². The molecule has 4 heteroatoms. The second-order valence-corrected chi connectivity index (χ2v) is 1.49. The standard InChI is InChI=1S/C4H8BNO2/c1-2-3-4(6)5(7)8/h1,4,7-8H,3,6H2. The molecule has 0 fully saturated rings. The van der Waals surface area contributed by atoms with Crippen LogP contribution < -0.4 is 5.73 Å². The third kappa shape index (κ3) is 2.64. The normalized spacial score (nSPS) is 12.2. The number of nitrogens with two attached hydrogens (primary N) is 1. The Morgan fingerprint density at radius 1 is 1.75 bits per heavy atom. The van der Waals surface area contributed by atoms with Crippen LogP contribution in [0, 0.1) is 12.3 Å². The monoisotopic (exact) mass is 113 g/mol. The van der Waals surface area contributed by atoms with Gasteiger partial charge in [0.25, 0.3) is 0 Å². The molecule has 0 bridgehead atoms. The van der Waals surface area contributed by atoms with Crippen molar-refractivity contribution in [3.63, 3.8) is 0 Å². The largest absolute Gasteiger partial charge is 0.470 e. The van der Waals surface area contributed by atoms with Gasteiger partial charge in [-0.2, -0.15) is 0 Å². The van der Waals surface area contributed by atoms with Gasteiger partial charge in [-0.1, -0.05) is 0 Å². The highest BCUT2D eigenvalue weighted by molar-refractivity contribution is 6.43. The van der Waals surface area contributed by atoms with E-state index in [1.807, 2.05) is 0 Å². The number of rotatable bonds is 2. The van der Waals surface area contributed by atoms with Crippen molar-refractivity contribution < 1.29 is 10.0 Å². The van der Waals surface area contributed by atoms with E-state index in [2.05, 4.69) is 5.92 Å². The Kier molecular flexibility index (Phi) is 3.28. The highest BCUT2D eigenvalue weighted by Gasteiger charge is 2.16. The van der Waals surface area contributed by atoms with Crippen molar-refractivity contribution in [2.45, 2.75) is 12.4 Å². The lowest BCUT2D eigenvalue weighted by Gasteiger charge is -2.02. The summed E-state index contributed by atoms with van der Waals surface area (Å²) in [5, 5.41) is 16.6. The van der Waals surface area contributed by atoms with Crippen LogP contribution in [0.15, 0.2) is 0 Å². The maximum atomic E-state index is 8.29. The molecule has 0 aliphatic carbocycles. The third-order valence-corrected chi connectivity index (χ3v) is 0.737. The van der Waals surface area contributed by atoms with Crippen LogP contribution in [0.5, 0.6) is 0 Å². The van der Waals surface area contributed by atoms with Gasteiger partial charge in [0.1, 0.15) is 0 Å². The molecule has 0 aliphatic heterocycles. The van der Waals surface area contributed by atoms with Crippen molar-refractivity contribution in [2.75, 3.05) is 0 Å². The minimum atomic E-state index is -1.49. The molecule has 44 valence electrons. The molecule has 0 aromatic rings. The van der Waals surface area contributed by atoms with Gasteiger partial charge >= 0.3 is 7.12 Å². The van der Waals surface area contributed by atoms with Gasteiger partial charge in [0.2, 0.25) is 0 Å². The van der Waals surface area contributed by atoms with Gasteiger partial charge in [-0.05, 0) is 0 Å². The quantitative estimate of drug-likeness (QED) is 0.297. The Morgan fingerprint density at radius 3 is 2.38 bits per heavy atom. The van der Waals surface area contributed by atoms with E-state index in [1.165, 1.54) is 0 Å². The summed E-state index contributed by atoms with van der Waals surface area (Å²) in [7, 11) is -1.49. The van der Waals surface area contributed by atoms with Crippen LogP contribution in [0.4, 0.5) is 0 Å². The van der Waals surface area contributed by atoms with Crippen molar-refractivity contribution >= 4 is 7.12 Å². The molecular formula is C4H8BNO2. The maximum Gasteiger partial charge on any atom is 0.470 e. The van der Waals surface area contributed by atoms with E-state index < -0.39 is 13.1 Å². The fraction of sp³-hybridized carbons (Fsp3) is 0.500. The minimum Gasteiger partial charge on any atom is -0.426 e. The van der Waals surface area contributed by atoms with Gasteiger partial charge in [0.15, 0.2) is 0 Å². The number of hydrogen-bond acceptors (Lipinski definition) is 3. The zero-order valence-electron chi connectivity index (χ0n) is 4.41. The summed E-state index contributed by atoms with van der Waals surface area (Å²) in [6.45, 7) is 0. The van der Waals surface area contributed by atoms with Gasteiger partial charge < -0.3 is 15.8 Å². The first-order chi connectivity index (χ1) is 3.68. The fourth-order valence-electron chi connectivity index (χ4n) is 0.241. The fourth-order valence-corrected chi connectivity index (χ4v) is 0.241. The first kappa shape index (κ1) is 7.50. The van der Waals surface area contributed by atoms with Gasteiger partial charge in [-0.25, -0.2) is 0 Å². The van der Waals surface area contributed by atoms with Crippen molar-refractivity contribution in [3.05, 3.63) is 0 Å². The van der Waals surface area contributed by atoms with E-state index in [4.69, 9.17) is 22.2 Å². The second kappa shape index (κ2) is 3.50. The van der Waals surface area contributed by atoms with Crippen molar-refractivity contribution in [1.29, 1.82) is 0 Å². The zero-order chi connectivity index (χ0) is 6.57. The predicted molar refractivity (Wildman–Crippen MR) is 31.6 cm³/mol. The molecule has 3 nitrogen and oxygen atoms in total. The van der Waals surface area contributed by atoms with Crippen LogP contribution in [0.25, 0.3) is 0 Å². The van der Waals surface area contributed by atoms with Crippen LogP contribution in [-0.2, 0) is 0 Å². The van der Waals surface area contributed by atoms with E-state index in [0.717, 1.165) is 0 Å². The summed E-state index contributed by atoms with van der Waals surface area (Å²) in [6, 6.07) is 0. The molecular weight excluding hydrogens is 105 g/mol. The smallest absolute Gasteiger partial charge is 0.426 e. The van der Waals surface area contributed by atoms with Crippen molar-refractivity contribution in [2.24, 2.45) is 5.73 Å². The lowest BCUT2D eigenvalue weighted by Crippen LogP contribution is -2.38. The maximum absolute atomic E-state index is 8.29. The minimum absolute atomic E-state index is 0.192. The molecule has 0 rings (SSSR count). The van der Waals surface area contributed by atoms with Gasteiger partial charge in [0.05, 0.1) is 5.94 Å². The highest BCUT2D eigenvalue weighted by Crippen LogP contribution is 1.84. The SMILES string of the molecule is C#CCC(N)B(O)O. The highest BCUT2D eigenvalue weighted by atomic mass is 16.4. The Balaban J connectivity index is 3.35. The molecule has 0 radical (unpaired) electrons. The Morgan fingerprint density at radius 2 is 2.25 bits per heavy atom. The molecule has 0 spiro atoms. The summed E-state index contributed by atoms with van der Waals surface area (Å²) in [4.78, 5) is 0. The van der Waals surface area contributed by atoms with Crippen LogP contribution in [-0.4, -0.2) is 23.1 Å². The molecule has 8 heavy (non-hydrogen) atoms. The van der Waals surface area contributed by atoms with Crippen molar-refractivity contribution in [3.8, 4) is 12.3 Å². The van der Waals surface area contributed by atoms with Gasteiger partial charge in [-0.15, -0.1) is 12.3 Å². The molecule has 1 unspecified atom stereocenters. The summed E-state index contributed by atoms with van der Waals surface area (Å²) in [6.07, 6.45) is 5.01. The topological polar surface area (TPSA) is 66.5 Å². The summed E-state index contributed by atoms with van der Waals surface area (Å²) < 4.78 is 0. The zero-order valence-corrected chi connectivity index (χ0v) is 4.41. The Bertz CT molecular complexity index is 98.7. The number of hydrogen-bond donors (Lipinski definition) is 3.